The Bertz CT molecular complexity index is 434. The zero-order chi connectivity index (χ0) is 14.4. The Morgan fingerprint density at radius 3 is 2.70 bits per heavy atom. The highest BCUT2D eigenvalue weighted by Gasteiger charge is 2.32. The number of hydrogen-bond acceptors (Lipinski definition) is 3. The smallest absolute Gasteiger partial charge is 0.314 e. The Labute approximate surface area is 119 Å². The van der Waals surface area contributed by atoms with Crippen molar-refractivity contribution in [3.63, 3.8) is 0 Å². The Hall–Kier alpha value is -1.59. The average Bonchev–Trinajstić information content (AvgIpc) is 2.77. The normalized spacial score (nSPS) is 20.6. The van der Waals surface area contributed by atoms with Gasteiger partial charge in [0.15, 0.2) is 5.79 Å². The fourth-order valence-corrected chi connectivity index (χ4v) is 2.10. The Balaban J connectivity index is 1.59. The van der Waals surface area contributed by atoms with Crippen molar-refractivity contribution in [1.29, 1.82) is 0 Å². The first kappa shape index (κ1) is 14.8. The van der Waals surface area contributed by atoms with Crippen LogP contribution in [0.1, 0.15) is 19.4 Å². The maximum absolute atomic E-state index is 11.6. The fourth-order valence-electron chi connectivity index (χ4n) is 2.10. The summed E-state index contributed by atoms with van der Waals surface area (Å²) in [5.74, 6) is -0.546. The standard InChI is InChI=1S/C15H22N2O3/c1-15(2)19-11-13(20-15)10-17-14(18)16-9-8-12-6-4-3-5-7-12/h3-7,13H,8-11H2,1-2H3,(H2,16,17,18). The number of rotatable bonds is 5. The molecule has 1 aliphatic heterocycles. The van der Waals surface area contributed by atoms with Gasteiger partial charge in [0.25, 0.3) is 0 Å². The molecule has 5 nitrogen and oxygen atoms in total. The lowest BCUT2D eigenvalue weighted by Crippen LogP contribution is -2.41. The molecule has 1 unspecified atom stereocenters. The van der Waals surface area contributed by atoms with Crippen LogP contribution in [0.25, 0.3) is 0 Å². The summed E-state index contributed by atoms with van der Waals surface area (Å²) in [7, 11) is 0. The van der Waals surface area contributed by atoms with Gasteiger partial charge in [0.1, 0.15) is 6.10 Å². The summed E-state index contributed by atoms with van der Waals surface area (Å²) >= 11 is 0. The first-order valence-electron chi connectivity index (χ1n) is 6.92. The van der Waals surface area contributed by atoms with Gasteiger partial charge in [-0.15, -0.1) is 0 Å². The van der Waals surface area contributed by atoms with Crippen LogP contribution in [0.3, 0.4) is 0 Å². The molecule has 1 heterocycles. The quantitative estimate of drug-likeness (QED) is 0.861. The molecule has 2 rings (SSSR count). The van der Waals surface area contributed by atoms with E-state index in [0.717, 1.165) is 6.42 Å². The number of nitrogens with one attached hydrogen (secondary N) is 2. The number of carbonyl (C=O) groups excluding carboxylic acids is 1. The lowest BCUT2D eigenvalue weighted by atomic mass is 10.1. The van der Waals surface area contributed by atoms with Gasteiger partial charge in [-0.25, -0.2) is 4.79 Å². The highest BCUT2D eigenvalue weighted by Crippen LogP contribution is 2.21. The molecule has 1 saturated heterocycles. The third-order valence-corrected chi connectivity index (χ3v) is 3.10. The summed E-state index contributed by atoms with van der Waals surface area (Å²) in [6, 6.07) is 9.89. The second kappa shape index (κ2) is 6.72. The van der Waals surface area contributed by atoms with Crippen molar-refractivity contribution < 1.29 is 14.3 Å². The number of benzene rings is 1. The number of hydrogen-bond donors (Lipinski definition) is 2. The van der Waals surface area contributed by atoms with Gasteiger partial charge in [-0.05, 0) is 25.8 Å². The second-order valence-corrected chi connectivity index (χ2v) is 5.32. The Kier molecular flexibility index (Phi) is 4.98. The second-order valence-electron chi connectivity index (χ2n) is 5.32. The van der Waals surface area contributed by atoms with E-state index in [1.165, 1.54) is 5.56 Å². The first-order valence-corrected chi connectivity index (χ1v) is 6.92. The van der Waals surface area contributed by atoms with E-state index in [1.54, 1.807) is 0 Å². The van der Waals surface area contributed by atoms with Crippen LogP contribution in [0, 0.1) is 0 Å². The van der Waals surface area contributed by atoms with Crippen LogP contribution >= 0.6 is 0 Å². The predicted octanol–water partition coefficient (Wildman–Crippen LogP) is 1.68. The van der Waals surface area contributed by atoms with Crippen molar-refractivity contribution in [3.8, 4) is 0 Å². The number of amides is 2. The van der Waals surface area contributed by atoms with Gasteiger partial charge in [0.2, 0.25) is 0 Å². The molecule has 0 saturated carbocycles. The molecule has 20 heavy (non-hydrogen) atoms. The molecule has 2 amide bonds. The van der Waals surface area contributed by atoms with Gasteiger partial charge in [-0.2, -0.15) is 0 Å². The van der Waals surface area contributed by atoms with E-state index >= 15 is 0 Å². The van der Waals surface area contributed by atoms with Crippen molar-refractivity contribution in [2.45, 2.75) is 32.2 Å². The topological polar surface area (TPSA) is 59.6 Å². The molecule has 5 heteroatoms. The van der Waals surface area contributed by atoms with E-state index in [1.807, 2.05) is 44.2 Å². The molecule has 0 bridgehead atoms. The number of carbonyl (C=O) groups is 1. The Morgan fingerprint density at radius 1 is 1.30 bits per heavy atom. The van der Waals surface area contributed by atoms with Crippen LogP contribution in [0.15, 0.2) is 30.3 Å². The zero-order valence-corrected chi connectivity index (χ0v) is 12.0. The summed E-state index contributed by atoms with van der Waals surface area (Å²) < 4.78 is 11.0. The Morgan fingerprint density at radius 2 is 2.05 bits per heavy atom. The molecule has 1 aliphatic rings. The van der Waals surface area contributed by atoms with Gasteiger partial charge < -0.3 is 20.1 Å². The minimum Gasteiger partial charge on any atom is -0.348 e. The summed E-state index contributed by atoms with van der Waals surface area (Å²) in [4.78, 5) is 11.6. The molecule has 1 fully saturated rings. The molecule has 0 aromatic heterocycles. The van der Waals surface area contributed by atoms with Crippen molar-refractivity contribution in [2.75, 3.05) is 19.7 Å². The van der Waals surface area contributed by atoms with Crippen LogP contribution in [-0.4, -0.2) is 37.6 Å². The maximum atomic E-state index is 11.6. The van der Waals surface area contributed by atoms with Gasteiger partial charge in [-0.3, -0.25) is 0 Å². The van der Waals surface area contributed by atoms with Crippen LogP contribution in [-0.2, 0) is 15.9 Å². The predicted molar refractivity (Wildman–Crippen MR) is 76.5 cm³/mol. The third-order valence-electron chi connectivity index (χ3n) is 3.10. The van der Waals surface area contributed by atoms with Crippen molar-refractivity contribution in [1.82, 2.24) is 10.6 Å². The first-order chi connectivity index (χ1) is 9.55. The van der Waals surface area contributed by atoms with Crippen LogP contribution in [0.2, 0.25) is 0 Å². The van der Waals surface area contributed by atoms with E-state index in [4.69, 9.17) is 9.47 Å². The molecule has 1 atom stereocenters. The van der Waals surface area contributed by atoms with Gasteiger partial charge in [-0.1, -0.05) is 30.3 Å². The summed E-state index contributed by atoms with van der Waals surface area (Å²) in [6.07, 6.45) is 0.745. The highest BCUT2D eigenvalue weighted by atomic mass is 16.7. The van der Waals surface area contributed by atoms with Gasteiger partial charge >= 0.3 is 6.03 Å². The number of ether oxygens (including phenoxy) is 2. The van der Waals surface area contributed by atoms with Gasteiger partial charge in [0, 0.05) is 13.1 Å². The van der Waals surface area contributed by atoms with E-state index < -0.39 is 5.79 Å². The fraction of sp³-hybridized carbons (Fsp3) is 0.533. The van der Waals surface area contributed by atoms with E-state index in [2.05, 4.69) is 10.6 Å². The van der Waals surface area contributed by atoms with Crippen molar-refractivity contribution in [3.05, 3.63) is 35.9 Å². The van der Waals surface area contributed by atoms with Crippen molar-refractivity contribution >= 4 is 6.03 Å². The van der Waals surface area contributed by atoms with E-state index in [0.29, 0.717) is 19.7 Å². The number of urea groups is 1. The van der Waals surface area contributed by atoms with E-state index in [-0.39, 0.29) is 12.1 Å². The molecule has 1 aromatic carbocycles. The van der Waals surface area contributed by atoms with Crippen molar-refractivity contribution in [2.24, 2.45) is 0 Å². The van der Waals surface area contributed by atoms with Crippen LogP contribution in [0.4, 0.5) is 4.79 Å². The summed E-state index contributed by atoms with van der Waals surface area (Å²) in [5, 5.41) is 5.62. The minimum atomic E-state index is -0.546. The molecule has 110 valence electrons. The summed E-state index contributed by atoms with van der Waals surface area (Å²) in [5.41, 5.74) is 1.21. The molecule has 0 aliphatic carbocycles. The third kappa shape index (κ3) is 4.83. The van der Waals surface area contributed by atoms with Crippen LogP contribution in [0.5, 0.6) is 0 Å². The van der Waals surface area contributed by atoms with Crippen LogP contribution < -0.4 is 10.6 Å². The molecular formula is C15H22N2O3. The minimum absolute atomic E-state index is 0.0788. The zero-order valence-electron chi connectivity index (χ0n) is 12.0. The molecular weight excluding hydrogens is 256 g/mol. The largest absolute Gasteiger partial charge is 0.348 e. The average molecular weight is 278 g/mol. The molecule has 0 radical (unpaired) electrons. The highest BCUT2D eigenvalue weighted by molar-refractivity contribution is 5.73. The molecule has 0 spiro atoms. The van der Waals surface area contributed by atoms with Gasteiger partial charge in [0.05, 0.1) is 6.61 Å². The summed E-state index contributed by atoms with van der Waals surface area (Å²) in [6.45, 7) is 5.32. The SMILES string of the molecule is CC1(C)OCC(CNC(=O)NCCc2ccccc2)O1. The lowest BCUT2D eigenvalue weighted by molar-refractivity contribution is -0.137. The molecule has 1 aromatic rings. The molecule has 2 N–H and O–H groups in total. The van der Waals surface area contributed by atoms with E-state index in [9.17, 15) is 4.79 Å². The maximum Gasteiger partial charge on any atom is 0.314 e. The lowest BCUT2D eigenvalue weighted by Gasteiger charge is -2.17. The monoisotopic (exact) mass is 278 g/mol.